The van der Waals surface area contributed by atoms with Crippen LogP contribution in [0.2, 0.25) is 5.02 Å². The first-order valence-electron chi connectivity index (χ1n) is 10.2. The van der Waals surface area contributed by atoms with Crippen molar-refractivity contribution in [2.75, 3.05) is 12.4 Å². The molecule has 0 heterocycles. The van der Waals surface area contributed by atoms with E-state index in [2.05, 4.69) is 34.9 Å². The van der Waals surface area contributed by atoms with Gasteiger partial charge in [-0.25, -0.2) is 0 Å². The molecule has 1 aliphatic rings. The zero-order valence-electron chi connectivity index (χ0n) is 16.9. The van der Waals surface area contributed by atoms with Crippen LogP contribution in [0.1, 0.15) is 41.6 Å². The highest BCUT2D eigenvalue weighted by atomic mass is 35.5. The molecule has 0 saturated carbocycles. The minimum Gasteiger partial charge on any atom is -0.495 e. The van der Waals surface area contributed by atoms with E-state index in [0.717, 1.165) is 24.8 Å². The molecule has 0 aromatic heterocycles. The maximum absolute atomic E-state index is 13.3. The highest BCUT2D eigenvalue weighted by Crippen LogP contribution is 2.32. The highest BCUT2D eigenvalue weighted by Gasteiger charge is 2.27. The van der Waals surface area contributed by atoms with Crippen LogP contribution in [0, 0.1) is 0 Å². The Morgan fingerprint density at radius 2 is 1.83 bits per heavy atom. The topological polar surface area (TPSA) is 50.4 Å². The van der Waals surface area contributed by atoms with E-state index in [1.807, 2.05) is 30.3 Å². The molecule has 0 radical (unpaired) electrons. The number of ether oxygens (including phenoxy) is 1. The molecule has 0 aliphatic heterocycles. The lowest BCUT2D eigenvalue weighted by Crippen LogP contribution is -2.36. The second-order valence-corrected chi connectivity index (χ2v) is 7.90. The Kier molecular flexibility index (Phi) is 6.36. The lowest BCUT2D eigenvalue weighted by molar-refractivity contribution is -0.118. The van der Waals surface area contributed by atoms with Crippen molar-refractivity contribution in [1.82, 2.24) is 5.32 Å². The summed E-state index contributed by atoms with van der Waals surface area (Å²) in [4.78, 5) is 13.3. The number of aryl methyl sites for hydroxylation is 1. The van der Waals surface area contributed by atoms with Crippen molar-refractivity contribution in [3.63, 3.8) is 0 Å². The standard InChI is InChI=1S/C25H25ClN2O2/c1-30-23-15-14-19(16-21(23)26)27-25(29)24(18-9-3-2-4-10-18)28-22-13-7-11-17-8-5-6-12-20(17)22/h2-6,8-10,12,14-16,22,24,28H,7,11,13H2,1H3,(H,27,29)/t22-,24+/m0/s1. The first-order chi connectivity index (χ1) is 14.7. The van der Waals surface area contributed by atoms with Crippen molar-refractivity contribution >= 4 is 23.2 Å². The summed E-state index contributed by atoms with van der Waals surface area (Å²) >= 11 is 6.23. The Morgan fingerprint density at radius 1 is 1.07 bits per heavy atom. The molecule has 3 aromatic rings. The number of amides is 1. The van der Waals surface area contributed by atoms with Gasteiger partial charge in [0.05, 0.1) is 12.1 Å². The summed E-state index contributed by atoms with van der Waals surface area (Å²) in [5, 5.41) is 7.08. The fourth-order valence-corrected chi connectivity index (χ4v) is 4.31. The third kappa shape index (κ3) is 4.50. The van der Waals surface area contributed by atoms with Crippen LogP contribution in [0.3, 0.4) is 0 Å². The maximum atomic E-state index is 13.3. The van der Waals surface area contributed by atoms with Gasteiger partial charge in [0.25, 0.3) is 0 Å². The molecule has 0 bridgehead atoms. The predicted molar refractivity (Wildman–Crippen MR) is 121 cm³/mol. The summed E-state index contributed by atoms with van der Waals surface area (Å²) in [7, 11) is 1.57. The molecule has 4 nitrogen and oxygen atoms in total. The number of hydrogen-bond acceptors (Lipinski definition) is 3. The molecule has 1 amide bonds. The molecule has 0 spiro atoms. The van der Waals surface area contributed by atoms with Crippen molar-refractivity contribution in [1.29, 1.82) is 0 Å². The molecule has 2 N–H and O–H groups in total. The van der Waals surface area contributed by atoms with E-state index in [1.54, 1.807) is 25.3 Å². The zero-order chi connectivity index (χ0) is 20.9. The van der Waals surface area contributed by atoms with Gasteiger partial charge in [-0.05, 0) is 54.2 Å². The van der Waals surface area contributed by atoms with Crippen molar-refractivity contribution in [2.24, 2.45) is 0 Å². The lowest BCUT2D eigenvalue weighted by Gasteiger charge is -2.30. The van der Waals surface area contributed by atoms with Crippen LogP contribution < -0.4 is 15.4 Å². The second kappa shape index (κ2) is 9.33. The average molecular weight is 421 g/mol. The van der Waals surface area contributed by atoms with Gasteiger partial charge in [0, 0.05) is 11.7 Å². The minimum absolute atomic E-state index is 0.120. The number of fused-ring (bicyclic) bond motifs is 1. The number of benzene rings is 3. The smallest absolute Gasteiger partial charge is 0.246 e. The van der Waals surface area contributed by atoms with Gasteiger partial charge in [-0.15, -0.1) is 0 Å². The van der Waals surface area contributed by atoms with Crippen LogP contribution in [0.15, 0.2) is 72.8 Å². The first kappa shape index (κ1) is 20.5. The summed E-state index contributed by atoms with van der Waals surface area (Å²) in [6.07, 6.45) is 3.19. The molecule has 0 unspecified atom stereocenters. The largest absolute Gasteiger partial charge is 0.495 e. The second-order valence-electron chi connectivity index (χ2n) is 7.49. The molecule has 0 saturated heterocycles. The molecule has 0 fully saturated rings. The zero-order valence-corrected chi connectivity index (χ0v) is 17.7. The van der Waals surface area contributed by atoms with Crippen LogP contribution in [0.5, 0.6) is 5.75 Å². The molecule has 4 rings (SSSR count). The highest BCUT2D eigenvalue weighted by molar-refractivity contribution is 6.32. The van der Waals surface area contributed by atoms with E-state index >= 15 is 0 Å². The average Bonchev–Trinajstić information content (AvgIpc) is 2.78. The summed E-state index contributed by atoms with van der Waals surface area (Å²) in [5.41, 5.74) is 4.20. The summed E-state index contributed by atoms with van der Waals surface area (Å²) < 4.78 is 5.20. The Labute approximate surface area is 182 Å². The van der Waals surface area contributed by atoms with Gasteiger partial charge < -0.3 is 10.1 Å². The Balaban J connectivity index is 1.59. The van der Waals surface area contributed by atoms with E-state index in [9.17, 15) is 4.79 Å². The van der Waals surface area contributed by atoms with Crippen molar-refractivity contribution in [3.05, 3.63) is 94.5 Å². The number of rotatable bonds is 6. The van der Waals surface area contributed by atoms with E-state index in [1.165, 1.54) is 11.1 Å². The number of methoxy groups -OCH3 is 1. The lowest BCUT2D eigenvalue weighted by atomic mass is 9.87. The molecular weight excluding hydrogens is 396 g/mol. The molecule has 1 aliphatic carbocycles. The number of nitrogens with one attached hydrogen (secondary N) is 2. The fourth-order valence-electron chi connectivity index (χ4n) is 4.06. The van der Waals surface area contributed by atoms with Gasteiger partial charge in [0.15, 0.2) is 0 Å². The predicted octanol–water partition coefficient (Wildman–Crippen LogP) is 5.70. The summed E-state index contributed by atoms with van der Waals surface area (Å²) in [6, 6.07) is 23.2. The number of halogens is 1. The van der Waals surface area contributed by atoms with Crippen LogP contribution >= 0.6 is 11.6 Å². The van der Waals surface area contributed by atoms with Crippen molar-refractivity contribution < 1.29 is 9.53 Å². The molecule has 2 atom stereocenters. The van der Waals surface area contributed by atoms with Gasteiger partial charge in [-0.2, -0.15) is 0 Å². The third-order valence-corrected chi connectivity index (χ3v) is 5.85. The maximum Gasteiger partial charge on any atom is 0.246 e. The number of hydrogen-bond donors (Lipinski definition) is 2. The number of anilines is 1. The molecular formula is C25H25ClN2O2. The van der Waals surface area contributed by atoms with Gasteiger partial charge in [-0.3, -0.25) is 10.1 Å². The first-order valence-corrected chi connectivity index (χ1v) is 10.6. The van der Waals surface area contributed by atoms with Crippen LogP contribution in [0.25, 0.3) is 0 Å². The quantitative estimate of drug-likeness (QED) is 0.538. The van der Waals surface area contributed by atoms with Crippen LogP contribution in [-0.4, -0.2) is 13.0 Å². The SMILES string of the molecule is COc1ccc(NC(=O)[C@H](N[C@H]2CCCc3ccccc32)c2ccccc2)cc1Cl. The Bertz CT molecular complexity index is 1020. The Hall–Kier alpha value is -2.82. The van der Waals surface area contributed by atoms with Crippen molar-refractivity contribution in [2.45, 2.75) is 31.3 Å². The van der Waals surface area contributed by atoms with Crippen LogP contribution in [-0.2, 0) is 11.2 Å². The van der Waals surface area contributed by atoms with E-state index in [0.29, 0.717) is 16.5 Å². The molecule has 30 heavy (non-hydrogen) atoms. The third-order valence-electron chi connectivity index (χ3n) is 5.55. The van der Waals surface area contributed by atoms with Gasteiger partial charge in [0.1, 0.15) is 11.8 Å². The molecule has 3 aromatic carbocycles. The molecule has 154 valence electrons. The summed E-state index contributed by atoms with van der Waals surface area (Å²) in [5.74, 6) is 0.455. The number of carbonyl (C=O) groups excluding carboxylic acids is 1. The van der Waals surface area contributed by atoms with Gasteiger partial charge in [0.2, 0.25) is 5.91 Å². The molecule has 5 heteroatoms. The van der Waals surface area contributed by atoms with Gasteiger partial charge in [-0.1, -0.05) is 66.2 Å². The van der Waals surface area contributed by atoms with Crippen molar-refractivity contribution in [3.8, 4) is 5.75 Å². The monoisotopic (exact) mass is 420 g/mol. The van der Waals surface area contributed by atoms with Crippen LogP contribution in [0.4, 0.5) is 5.69 Å². The summed E-state index contributed by atoms with van der Waals surface area (Å²) in [6.45, 7) is 0. The van der Waals surface area contributed by atoms with E-state index in [4.69, 9.17) is 16.3 Å². The van der Waals surface area contributed by atoms with E-state index in [-0.39, 0.29) is 11.9 Å². The minimum atomic E-state index is -0.483. The van der Waals surface area contributed by atoms with Gasteiger partial charge >= 0.3 is 0 Å². The normalized spacial score (nSPS) is 16.4. The van der Waals surface area contributed by atoms with E-state index < -0.39 is 6.04 Å². The number of carbonyl (C=O) groups is 1. The Morgan fingerprint density at radius 3 is 2.60 bits per heavy atom. The fraction of sp³-hybridized carbons (Fsp3) is 0.240.